The monoisotopic (exact) mass is 366 g/mol. The number of hydrogen-bond acceptors (Lipinski definition) is 5. The van der Waals surface area contributed by atoms with Crippen LogP contribution in [-0.4, -0.2) is 30.2 Å². The first-order valence-electron chi connectivity index (χ1n) is 8.40. The zero-order valence-corrected chi connectivity index (χ0v) is 15.8. The van der Waals surface area contributed by atoms with E-state index < -0.39 is 0 Å². The maximum absolute atomic E-state index is 11.8. The average molecular weight is 366 g/mol. The molecule has 0 bridgehead atoms. The van der Waals surface area contributed by atoms with E-state index in [1.165, 1.54) is 0 Å². The van der Waals surface area contributed by atoms with Gasteiger partial charge >= 0.3 is 5.97 Å². The van der Waals surface area contributed by atoms with Crippen LogP contribution < -0.4 is 15.4 Å². The molecule has 25 heavy (non-hydrogen) atoms. The van der Waals surface area contributed by atoms with Crippen LogP contribution in [0.25, 0.3) is 0 Å². The molecule has 2 N–H and O–H groups in total. The van der Waals surface area contributed by atoms with Gasteiger partial charge in [0.1, 0.15) is 5.75 Å². The number of carbonyl (C=O) groups is 2. The summed E-state index contributed by atoms with van der Waals surface area (Å²) in [7, 11) is 0. The lowest BCUT2D eigenvalue weighted by molar-refractivity contribution is -0.144. The molecule has 6 nitrogen and oxygen atoms in total. The number of hydrogen-bond donors (Lipinski definition) is 2. The van der Waals surface area contributed by atoms with Crippen LogP contribution in [0, 0.1) is 5.92 Å². The highest BCUT2D eigenvalue weighted by molar-refractivity contribution is 7.80. The lowest BCUT2D eigenvalue weighted by Gasteiger charge is -2.11. The number of amides is 1. The van der Waals surface area contributed by atoms with Crippen molar-refractivity contribution in [1.82, 2.24) is 5.32 Å². The van der Waals surface area contributed by atoms with E-state index in [1.54, 1.807) is 0 Å². The zero-order chi connectivity index (χ0) is 18.7. The summed E-state index contributed by atoms with van der Waals surface area (Å²) < 4.78 is 10.5. The summed E-state index contributed by atoms with van der Waals surface area (Å²) in [6, 6.07) is 7.30. The summed E-state index contributed by atoms with van der Waals surface area (Å²) in [4.78, 5) is 23.1. The van der Waals surface area contributed by atoms with Gasteiger partial charge in [-0.3, -0.25) is 9.59 Å². The molecule has 0 spiro atoms. The fourth-order valence-corrected chi connectivity index (χ4v) is 1.98. The van der Waals surface area contributed by atoms with Gasteiger partial charge in [0.05, 0.1) is 19.6 Å². The Morgan fingerprint density at radius 2 is 1.84 bits per heavy atom. The first-order valence-corrected chi connectivity index (χ1v) is 8.80. The molecule has 0 saturated carbocycles. The number of ether oxygens (including phenoxy) is 2. The predicted octanol–water partition coefficient (Wildman–Crippen LogP) is 3.27. The Morgan fingerprint density at radius 1 is 1.16 bits per heavy atom. The first kappa shape index (κ1) is 20.9. The van der Waals surface area contributed by atoms with E-state index in [-0.39, 0.29) is 29.8 Å². The highest BCUT2D eigenvalue weighted by Gasteiger charge is 2.09. The first-order chi connectivity index (χ1) is 11.9. The van der Waals surface area contributed by atoms with Gasteiger partial charge < -0.3 is 20.1 Å². The molecule has 7 heteroatoms. The van der Waals surface area contributed by atoms with E-state index in [0.717, 1.165) is 17.9 Å². The molecule has 138 valence electrons. The molecule has 0 aliphatic heterocycles. The van der Waals surface area contributed by atoms with Gasteiger partial charge in [0, 0.05) is 12.1 Å². The van der Waals surface area contributed by atoms with Crippen molar-refractivity contribution in [3.8, 4) is 5.75 Å². The quantitative estimate of drug-likeness (QED) is 0.516. The molecular formula is C18H26N2O4S. The summed E-state index contributed by atoms with van der Waals surface area (Å²) in [5.74, 6) is 0.523. The second kappa shape index (κ2) is 11.4. The van der Waals surface area contributed by atoms with Crippen molar-refractivity contribution in [3.05, 3.63) is 24.3 Å². The van der Waals surface area contributed by atoms with Gasteiger partial charge in [-0.25, -0.2) is 0 Å². The van der Waals surface area contributed by atoms with E-state index >= 15 is 0 Å². The van der Waals surface area contributed by atoms with Crippen molar-refractivity contribution >= 4 is 34.9 Å². The summed E-state index contributed by atoms with van der Waals surface area (Å²) in [6.45, 7) is 7.10. The van der Waals surface area contributed by atoms with Gasteiger partial charge in [-0.2, -0.15) is 0 Å². The van der Waals surface area contributed by atoms with Crippen LogP contribution in [0.5, 0.6) is 5.75 Å². The Morgan fingerprint density at radius 3 is 2.44 bits per heavy atom. The number of anilines is 1. The molecule has 1 aromatic carbocycles. The molecule has 1 aromatic rings. The maximum Gasteiger partial charge on any atom is 0.306 e. The lowest BCUT2D eigenvalue weighted by Crippen LogP contribution is -2.34. The summed E-state index contributed by atoms with van der Waals surface area (Å²) >= 11 is 5.09. The third-order valence-electron chi connectivity index (χ3n) is 2.97. The van der Waals surface area contributed by atoms with E-state index in [1.807, 2.05) is 31.2 Å². The van der Waals surface area contributed by atoms with E-state index in [2.05, 4.69) is 24.5 Å². The molecule has 0 unspecified atom stereocenters. The molecular weight excluding hydrogens is 340 g/mol. The fourth-order valence-electron chi connectivity index (χ4n) is 1.75. The second-order valence-corrected chi connectivity index (χ2v) is 6.36. The third kappa shape index (κ3) is 9.66. The molecule has 0 aliphatic carbocycles. The predicted molar refractivity (Wildman–Crippen MR) is 102 cm³/mol. The molecule has 0 aliphatic rings. The second-order valence-electron chi connectivity index (χ2n) is 5.95. The highest BCUT2D eigenvalue weighted by atomic mass is 32.1. The number of nitrogens with one attached hydrogen (secondary N) is 2. The number of carbonyl (C=O) groups excluding carboxylic acids is 2. The van der Waals surface area contributed by atoms with Gasteiger partial charge in [0.2, 0.25) is 5.91 Å². The topological polar surface area (TPSA) is 76.7 Å². The van der Waals surface area contributed by atoms with Crippen LogP contribution in [0.1, 0.15) is 40.0 Å². The Bertz CT molecular complexity index is 573. The van der Waals surface area contributed by atoms with Crippen molar-refractivity contribution < 1.29 is 19.1 Å². The van der Waals surface area contributed by atoms with E-state index in [0.29, 0.717) is 19.1 Å². The largest absolute Gasteiger partial charge is 0.493 e. The Labute approximate surface area is 154 Å². The minimum Gasteiger partial charge on any atom is -0.493 e. The lowest BCUT2D eigenvalue weighted by atomic mass is 10.2. The SMILES string of the molecule is CCCOC(=O)CCC(=O)NC(=S)Nc1ccc(OCC(C)C)cc1. The number of rotatable bonds is 9. The van der Waals surface area contributed by atoms with Crippen LogP contribution in [0.3, 0.4) is 0 Å². The van der Waals surface area contributed by atoms with E-state index in [9.17, 15) is 9.59 Å². The van der Waals surface area contributed by atoms with Gasteiger partial charge in [-0.05, 0) is 48.8 Å². The van der Waals surface area contributed by atoms with Crippen LogP contribution in [0.2, 0.25) is 0 Å². The van der Waals surface area contributed by atoms with Crippen LogP contribution in [-0.2, 0) is 14.3 Å². The Balaban J connectivity index is 2.33. The van der Waals surface area contributed by atoms with Crippen molar-refractivity contribution in [1.29, 1.82) is 0 Å². The zero-order valence-electron chi connectivity index (χ0n) is 15.0. The van der Waals surface area contributed by atoms with Crippen molar-refractivity contribution in [2.75, 3.05) is 18.5 Å². The highest BCUT2D eigenvalue weighted by Crippen LogP contribution is 2.16. The number of thiocarbonyl (C=S) groups is 1. The fraction of sp³-hybridized carbons (Fsp3) is 0.500. The summed E-state index contributed by atoms with van der Waals surface area (Å²) in [6.07, 6.45) is 0.829. The maximum atomic E-state index is 11.8. The molecule has 1 rings (SSSR count). The normalized spacial score (nSPS) is 10.2. The molecule has 0 saturated heterocycles. The van der Waals surface area contributed by atoms with Crippen molar-refractivity contribution in [2.45, 2.75) is 40.0 Å². The minimum atomic E-state index is -0.382. The Hall–Kier alpha value is -2.15. The van der Waals surface area contributed by atoms with Gasteiger partial charge in [-0.1, -0.05) is 20.8 Å². The minimum absolute atomic E-state index is 0.0341. The van der Waals surface area contributed by atoms with Gasteiger partial charge in [0.25, 0.3) is 0 Å². The molecule has 0 heterocycles. The Kier molecular flexibility index (Phi) is 9.54. The van der Waals surface area contributed by atoms with Crippen LogP contribution in [0.4, 0.5) is 5.69 Å². The standard InChI is InChI=1S/C18H26N2O4S/c1-4-11-23-17(22)10-9-16(21)20-18(25)19-14-5-7-15(8-6-14)24-12-13(2)3/h5-8,13H,4,9-12H2,1-3H3,(H2,19,20,21,25). The molecule has 0 fully saturated rings. The van der Waals surface area contributed by atoms with Crippen LogP contribution in [0.15, 0.2) is 24.3 Å². The smallest absolute Gasteiger partial charge is 0.306 e. The van der Waals surface area contributed by atoms with Gasteiger partial charge in [0.15, 0.2) is 5.11 Å². The third-order valence-corrected chi connectivity index (χ3v) is 3.18. The summed E-state index contributed by atoms with van der Waals surface area (Å²) in [5, 5.41) is 5.63. The van der Waals surface area contributed by atoms with Crippen LogP contribution >= 0.6 is 12.2 Å². The molecule has 0 atom stereocenters. The van der Waals surface area contributed by atoms with Crippen molar-refractivity contribution in [2.24, 2.45) is 5.92 Å². The number of esters is 1. The average Bonchev–Trinajstić information content (AvgIpc) is 2.57. The molecule has 0 aromatic heterocycles. The molecule has 1 amide bonds. The van der Waals surface area contributed by atoms with Crippen molar-refractivity contribution in [3.63, 3.8) is 0 Å². The van der Waals surface area contributed by atoms with E-state index in [4.69, 9.17) is 21.7 Å². The molecule has 0 radical (unpaired) electrons. The number of benzene rings is 1. The summed E-state index contributed by atoms with van der Waals surface area (Å²) in [5.41, 5.74) is 0.740. The van der Waals surface area contributed by atoms with Gasteiger partial charge in [-0.15, -0.1) is 0 Å².